The SMILES string of the molecule is COc1cc(N)ccc1NC(=O)CCN(C)C(C)CSC. The molecule has 21 heavy (non-hydrogen) atoms. The van der Waals surface area contributed by atoms with Gasteiger partial charge < -0.3 is 20.7 Å². The van der Waals surface area contributed by atoms with Gasteiger partial charge in [0.25, 0.3) is 0 Å². The van der Waals surface area contributed by atoms with Crippen molar-refractivity contribution in [2.45, 2.75) is 19.4 Å². The second-order valence-corrected chi connectivity index (χ2v) is 5.95. The molecule has 6 heteroatoms. The lowest BCUT2D eigenvalue weighted by Crippen LogP contribution is -2.33. The smallest absolute Gasteiger partial charge is 0.225 e. The molecule has 0 bridgehead atoms. The van der Waals surface area contributed by atoms with Crippen molar-refractivity contribution in [3.8, 4) is 5.75 Å². The summed E-state index contributed by atoms with van der Waals surface area (Å²) in [5, 5.41) is 2.86. The first kappa shape index (κ1) is 17.7. The number of carbonyl (C=O) groups is 1. The van der Waals surface area contributed by atoms with Crippen LogP contribution in [0.4, 0.5) is 11.4 Å². The lowest BCUT2D eigenvalue weighted by Gasteiger charge is -2.23. The van der Waals surface area contributed by atoms with Crippen LogP contribution in [0.15, 0.2) is 18.2 Å². The second-order valence-electron chi connectivity index (χ2n) is 5.04. The van der Waals surface area contributed by atoms with E-state index in [0.717, 1.165) is 12.3 Å². The molecular weight excluding hydrogens is 286 g/mol. The van der Waals surface area contributed by atoms with Crippen molar-refractivity contribution in [1.82, 2.24) is 4.90 Å². The summed E-state index contributed by atoms with van der Waals surface area (Å²) in [6.07, 6.45) is 2.53. The molecular formula is C15H25N3O2S. The zero-order chi connectivity index (χ0) is 15.8. The summed E-state index contributed by atoms with van der Waals surface area (Å²) in [5.74, 6) is 1.61. The molecule has 1 aromatic rings. The van der Waals surface area contributed by atoms with Crippen LogP contribution in [-0.4, -0.2) is 49.6 Å². The molecule has 1 atom stereocenters. The van der Waals surface area contributed by atoms with Crippen LogP contribution in [0.3, 0.4) is 0 Å². The highest BCUT2D eigenvalue weighted by Gasteiger charge is 2.12. The Morgan fingerprint density at radius 1 is 1.52 bits per heavy atom. The maximum Gasteiger partial charge on any atom is 0.225 e. The van der Waals surface area contributed by atoms with Gasteiger partial charge in [0.1, 0.15) is 5.75 Å². The summed E-state index contributed by atoms with van der Waals surface area (Å²) in [7, 11) is 3.60. The monoisotopic (exact) mass is 311 g/mol. The number of hydrogen-bond acceptors (Lipinski definition) is 5. The number of ether oxygens (including phenoxy) is 1. The van der Waals surface area contributed by atoms with Crippen LogP contribution in [0.1, 0.15) is 13.3 Å². The van der Waals surface area contributed by atoms with Gasteiger partial charge in [0.05, 0.1) is 12.8 Å². The number of methoxy groups -OCH3 is 1. The number of hydrogen-bond donors (Lipinski definition) is 2. The number of anilines is 2. The van der Waals surface area contributed by atoms with E-state index in [-0.39, 0.29) is 5.91 Å². The molecule has 0 aliphatic carbocycles. The maximum absolute atomic E-state index is 12.0. The number of amides is 1. The van der Waals surface area contributed by atoms with Crippen molar-refractivity contribution in [3.63, 3.8) is 0 Å². The molecule has 5 nitrogen and oxygen atoms in total. The Morgan fingerprint density at radius 3 is 2.86 bits per heavy atom. The van der Waals surface area contributed by atoms with Gasteiger partial charge in [-0.05, 0) is 32.4 Å². The lowest BCUT2D eigenvalue weighted by molar-refractivity contribution is -0.116. The molecule has 0 aromatic heterocycles. The molecule has 0 fully saturated rings. The number of nitrogens with one attached hydrogen (secondary N) is 1. The number of carbonyl (C=O) groups excluding carboxylic acids is 1. The number of rotatable bonds is 8. The standard InChI is InChI=1S/C15H25N3O2S/c1-11(10-21-4)18(2)8-7-15(19)17-13-6-5-12(16)9-14(13)20-3/h5-6,9,11H,7-8,10,16H2,1-4H3,(H,17,19). The Kier molecular flexibility index (Phi) is 7.39. The van der Waals surface area contributed by atoms with Gasteiger partial charge in [-0.3, -0.25) is 4.79 Å². The van der Waals surface area contributed by atoms with Gasteiger partial charge in [0, 0.05) is 36.5 Å². The summed E-state index contributed by atoms with van der Waals surface area (Å²) in [6, 6.07) is 5.65. The fourth-order valence-electron chi connectivity index (χ4n) is 1.89. The van der Waals surface area contributed by atoms with Crippen LogP contribution in [0.2, 0.25) is 0 Å². The molecule has 118 valence electrons. The van der Waals surface area contributed by atoms with Gasteiger partial charge in [0.2, 0.25) is 5.91 Å². The van der Waals surface area contributed by atoms with Crippen LogP contribution < -0.4 is 15.8 Å². The van der Waals surface area contributed by atoms with Crippen molar-refractivity contribution < 1.29 is 9.53 Å². The Hall–Kier alpha value is -1.40. The average molecular weight is 311 g/mol. The fraction of sp³-hybridized carbons (Fsp3) is 0.533. The zero-order valence-corrected chi connectivity index (χ0v) is 14.0. The highest BCUT2D eigenvalue weighted by Crippen LogP contribution is 2.26. The third-order valence-electron chi connectivity index (χ3n) is 3.35. The minimum Gasteiger partial charge on any atom is -0.494 e. The number of nitrogen functional groups attached to an aromatic ring is 1. The minimum atomic E-state index is -0.0266. The molecule has 3 N–H and O–H groups in total. The highest BCUT2D eigenvalue weighted by molar-refractivity contribution is 7.98. The number of benzene rings is 1. The topological polar surface area (TPSA) is 67.6 Å². The van der Waals surface area contributed by atoms with Gasteiger partial charge in [-0.15, -0.1) is 0 Å². The number of nitrogens with zero attached hydrogens (tertiary/aromatic N) is 1. The predicted molar refractivity (Wildman–Crippen MR) is 91.1 cm³/mol. The van der Waals surface area contributed by atoms with Gasteiger partial charge in [-0.25, -0.2) is 0 Å². The number of thioether (sulfide) groups is 1. The summed E-state index contributed by atoms with van der Waals surface area (Å²) in [6.45, 7) is 2.89. The Labute approximate surface area is 131 Å². The average Bonchev–Trinajstić information content (AvgIpc) is 2.46. The van der Waals surface area contributed by atoms with Gasteiger partial charge in [-0.2, -0.15) is 11.8 Å². The summed E-state index contributed by atoms with van der Waals surface area (Å²) < 4.78 is 5.21. The largest absolute Gasteiger partial charge is 0.494 e. The number of nitrogens with two attached hydrogens (primary N) is 1. The van der Waals surface area contributed by atoms with Crippen molar-refractivity contribution in [2.75, 3.05) is 43.8 Å². The first-order chi connectivity index (χ1) is 9.97. The van der Waals surface area contributed by atoms with Crippen LogP contribution in [-0.2, 0) is 4.79 Å². The second kappa shape index (κ2) is 8.79. The Bertz CT molecular complexity index is 468. The molecule has 0 saturated heterocycles. The first-order valence-electron chi connectivity index (χ1n) is 6.90. The van der Waals surface area contributed by atoms with Crippen LogP contribution >= 0.6 is 11.8 Å². The molecule has 0 heterocycles. The third kappa shape index (κ3) is 5.85. The van der Waals surface area contributed by atoms with Crippen molar-refractivity contribution >= 4 is 29.0 Å². The van der Waals surface area contributed by atoms with E-state index in [0.29, 0.717) is 29.6 Å². The Morgan fingerprint density at radius 2 is 2.24 bits per heavy atom. The summed E-state index contributed by atoms with van der Waals surface area (Å²) >= 11 is 1.81. The maximum atomic E-state index is 12.0. The first-order valence-corrected chi connectivity index (χ1v) is 8.29. The van der Waals surface area contributed by atoms with Crippen molar-refractivity contribution in [1.29, 1.82) is 0 Å². The molecule has 0 aliphatic heterocycles. The van der Waals surface area contributed by atoms with Crippen LogP contribution in [0.5, 0.6) is 5.75 Å². The molecule has 1 rings (SSSR count). The zero-order valence-electron chi connectivity index (χ0n) is 13.2. The molecule has 1 amide bonds. The van der Waals surface area contributed by atoms with Gasteiger partial charge >= 0.3 is 0 Å². The van der Waals surface area contributed by atoms with E-state index >= 15 is 0 Å². The van der Waals surface area contributed by atoms with Crippen molar-refractivity contribution in [3.05, 3.63) is 18.2 Å². The highest BCUT2D eigenvalue weighted by atomic mass is 32.2. The van der Waals surface area contributed by atoms with E-state index < -0.39 is 0 Å². The predicted octanol–water partition coefficient (Wildman–Crippen LogP) is 2.29. The fourth-order valence-corrected chi connectivity index (χ4v) is 2.63. The molecule has 0 radical (unpaired) electrons. The quantitative estimate of drug-likeness (QED) is 0.721. The third-order valence-corrected chi connectivity index (χ3v) is 4.17. The van der Waals surface area contributed by atoms with E-state index in [4.69, 9.17) is 10.5 Å². The van der Waals surface area contributed by atoms with E-state index in [2.05, 4.69) is 23.4 Å². The normalized spacial score (nSPS) is 12.2. The molecule has 0 spiro atoms. The minimum absolute atomic E-state index is 0.0266. The summed E-state index contributed by atoms with van der Waals surface area (Å²) in [4.78, 5) is 14.2. The van der Waals surface area contributed by atoms with Crippen molar-refractivity contribution in [2.24, 2.45) is 0 Å². The van der Waals surface area contributed by atoms with E-state index in [1.807, 2.05) is 18.8 Å². The lowest BCUT2D eigenvalue weighted by atomic mass is 10.2. The molecule has 0 saturated carbocycles. The van der Waals surface area contributed by atoms with E-state index in [9.17, 15) is 4.79 Å². The molecule has 1 aromatic carbocycles. The van der Waals surface area contributed by atoms with Crippen LogP contribution in [0, 0.1) is 0 Å². The molecule has 0 aliphatic rings. The Balaban J connectivity index is 2.51. The van der Waals surface area contributed by atoms with E-state index in [1.54, 1.807) is 25.3 Å². The van der Waals surface area contributed by atoms with Crippen LogP contribution in [0.25, 0.3) is 0 Å². The molecule has 1 unspecified atom stereocenters. The van der Waals surface area contributed by atoms with E-state index in [1.165, 1.54) is 0 Å². The van der Waals surface area contributed by atoms with Gasteiger partial charge in [0.15, 0.2) is 0 Å². The summed E-state index contributed by atoms with van der Waals surface area (Å²) in [5.41, 5.74) is 6.95. The van der Waals surface area contributed by atoms with Gasteiger partial charge in [-0.1, -0.05) is 0 Å².